The molecule has 3 rings (SSSR count). The van der Waals surface area contributed by atoms with E-state index in [1.165, 1.54) is 21.3 Å². The van der Waals surface area contributed by atoms with Crippen LogP contribution in [-0.2, 0) is 11.0 Å². The lowest BCUT2D eigenvalue weighted by atomic mass is 10.0. The quantitative estimate of drug-likeness (QED) is 0.361. The van der Waals surface area contributed by atoms with Gasteiger partial charge in [-0.05, 0) is 29.3 Å². The van der Waals surface area contributed by atoms with Crippen LogP contribution >= 0.6 is 30.3 Å². The number of halogens is 2. The normalized spacial score (nSPS) is 11.0. The summed E-state index contributed by atoms with van der Waals surface area (Å²) in [5.74, 6) is -0.631. The highest BCUT2D eigenvalue weighted by Gasteiger charge is 2.18. The summed E-state index contributed by atoms with van der Waals surface area (Å²) in [5.41, 5.74) is 2.62. The zero-order valence-corrected chi connectivity index (χ0v) is 19.6. The third-order valence-electron chi connectivity index (χ3n) is 3.79. The molecule has 29 heavy (non-hydrogen) atoms. The first-order chi connectivity index (χ1) is 14.0. The van der Waals surface area contributed by atoms with Crippen LogP contribution in [-0.4, -0.2) is 8.18 Å². The topological polar surface area (TPSA) is 57.8 Å². The zero-order chi connectivity index (χ0) is 21.4. The van der Waals surface area contributed by atoms with Crippen LogP contribution < -0.4 is 4.72 Å². The maximum atomic E-state index is 14.1. The minimum atomic E-state index is -1.71. The Morgan fingerprint density at radius 1 is 1.24 bits per heavy atom. The van der Waals surface area contributed by atoms with Gasteiger partial charge in [0.1, 0.15) is 5.82 Å². The van der Waals surface area contributed by atoms with Crippen molar-refractivity contribution in [3.8, 4) is 6.07 Å². The summed E-state index contributed by atoms with van der Waals surface area (Å²) in [6, 6.07) is 15.4. The molecular weight excluding hydrogens is 520 g/mol. The molecule has 1 aromatic heterocycles. The van der Waals surface area contributed by atoms with Crippen molar-refractivity contribution < 1.29 is 8.60 Å². The van der Waals surface area contributed by atoms with E-state index in [1.54, 1.807) is 6.20 Å². The van der Waals surface area contributed by atoms with Gasteiger partial charge < -0.3 is 0 Å². The lowest BCUT2D eigenvalue weighted by Gasteiger charge is -2.10. The monoisotopic (exact) mass is 539 g/mol. The van der Waals surface area contributed by atoms with E-state index < -0.39 is 16.8 Å². The Morgan fingerprint density at radius 3 is 2.52 bits per heavy atom. The van der Waals surface area contributed by atoms with Crippen LogP contribution in [0, 0.1) is 17.1 Å². The minimum absolute atomic E-state index is 0.0680. The van der Waals surface area contributed by atoms with Crippen LogP contribution in [0.5, 0.6) is 0 Å². The number of nitriles is 1. The molecule has 0 saturated carbocycles. The Hall–Kier alpha value is -2.09. The van der Waals surface area contributed by atoms with Crippen LogP contribution in [0.3, 0.4) is 0 Å². The molecule has 0 aliphatic carbocycles. The van der Waals surface area contributed by atoms with E-state index in [0.29, 0.717) is 10.5 Å². The first-order valence-corrected chi connectivity index (χ1v) is 13.1. The van der Waals surface area contributed by atoms with Crippen molar-refractivity contribution in [2.24, 2.45) is 0 Å². The Bertz CT molecular complexity index is 1060. The van der Waals surface area contributed by atoms with Gasteiger partial charge in [-0.2, -0.15) is 5.26 Å². The van der Waals surface area contributed by atoms with Gasteiger partial charge in [0, 0.05) is 48.3 Å². The second-order valence-electron chi connectivity index (χ2n) is 5.49. The molecule has 0 amide bonds. The van der Waals surface area contributed by atoms with Gasteiger partial charge in [-0.3, -0.25) is 8.69 Å². The smallest absolute Gasteiger partial charge is 0.152 e. The van der Waals surface area contributed by atoms with Crippen LogP contribution in [0.15, 0.2) is 72.4 Å². The standard InChI is InChI=1S/C19H13FIN3OS2.C2H6/c1-13(15-5-3-2-4-6-15)16-11-24(26-21)12-19(16)27(25)23-18-8-7-14(10-22)9-17(18)20;1-2/h2-9,11-12,23H,1H2;1-2H3. The van der Waals surface area contributed by atoms with Gasteiger partial charge in [-0.1, -0.05) is 50.8 Å². The minimum Gasteiger partial charge on any atom is -0.298 e. The fraction of sp³-hybridized carbons (Fsp3) is 0.0952. The van der Waals surface area contributed by atoms with Crippen LogP contribution in [0.1, 0.15) is 30.5 Å². The molecule has 8 heteroatoms. The highest BCUT2D eigenvalue weighted by atomic mass is 127. The number of hydrogen-bond donors (Lipinski definition) is 1. The molecule has 1 atom stereocenters. The second-order valence-corrected chi connectivity index (χ2v) is 8.41. The molecule has 0 aliphatic heterocycles. The van der Waals surface area contributed by atoms with Crippen molar-refractivity contribution in [3.63, 3.8) is 0 Å². The number of nitrogens with one attached hydrogen (secondary N) is 1. The Morgan fingerprint density at radius 2 is 1.93 bits per heavy atom. The van der Waals surface area contributed by atoms with Crippen LogP contribution in [0.25, 0.3) is 5.57 Å². The van der Waals surface area contributed by atoms with E-state index in [2.05, 4.69) is 32.5 Å². The van der Waals surface area contributed by atoms with E-state index in [-0.39, 0.29) is 11.3 Å². The molecule has 0 spiro atoms. The number of nitrogens with zero attached hydrogens (tertiary/aromatic N) is 2. The molecule has 1 unspecified atom stereocenters. The van der Waals surface area contributed by atoms with Gasteiger partial charge in [-0.25, -0.2) is 8.60 Å². The molecule has 1 N–H and O–H groups in total. The molecule has 150 valence electrons. The maximum Gasteiger partial charge on any atom is 0.152 e. The van der Waals surface area contributed by atoms with Crippen molar-refractivity contribution in [2.45, 2.75) is 18.7 Å². The molecule has 1 heterocycles. The third-order valence-corrected chi connectivity index (χ3v) is 6.66. The highest BCUT2D eigenvalue weighted by Crippen LogP contribution is 2.31. The van der Waals surface area contributed by atoms with Crippen molar-refractivity contribution in [1.29, 1.82) is 5.26 Å². The first kappa shape index (κ1) is 23.2. The summed E-state index contributed by atoms with van der Waals surface area (Å²) in [5, 5.41) is 8.84. The van der Waals surface area contributed by atoms with Crippen molar-refractivity contribution in [1.82, 2.24) is 3.97 Å². The number of aromatic nitrogens is 1. The predicted molar refractivity (Wildman–Crippen MR) is 129 cm³/mol. The molecule has 3 aromatic rings. The lowest BCUT2D eigenvalue weighted by Crippen LogP contribution is -2.07. The number of rotatable bonds is 6. The SMILES string of the molecule is C=C(c1ccccc1)c1cn(SI)cc1S(=O)Nc1ccc(C#N)cc1F.CC. The van der Waals surface area contributed by atoms with Crippen molar-refractivity contribution in [2.75, 3.05) is 4.72 Å². The average molecular weight is 539 g/mol. The van der Waals surface area contributed by atoms with Crippen molar-refractivity contribution in [3.05, 3.63) is 90.0 Å². The molecule has 2 aromatic carbocycles. The molecular formula is C21H19FIN3OS2. The molecule has 4 nitrogen and oxygen atoms in total. The zero-order valence-electron chi connectivity index (χ0n) is 15.9. The first-order valence-electron chi connectivity index (χ1n) is 8.67. The fourth-order valence-electron chi connectivity index (χ4n) is 2.44. The summed E-state index contributed by atoms with van der Waals surface area (Å²) < 4.78 is 31.5. The number of anilines is 1. The molecule has 0 fully saturated rings. The fourth-order valence-corrected chi connectivity index (χ4v) is 4.54. The van der Waals surface area contributed by atoms with Crippen molar-refractivity contribution >= 4 is 52.6 Å². The maximum absolute atomic E-state index is 14.1. The van der Waals surface area contributed by atoms with Gasteiger partial charge in [0.25, 0.3) is 0 Å². The van der Waals surface area contributed by atoms with E-state index in [4.69, 9.17) is 5.26 Å². The second kappa shape index (κ2) is 11.2. The summed E-state index contributed by atoms with van der Waals surface area (Å²) in [7, 11) is -0.290. The van der Waals surface area contributed by atoms with Crippen LogP contribution in [0.4, 0.5) is 10.1 Å². The summed E-state index contributed by atoms with van der Waals surface area (Å²) >= 11 is 2.12. The Balaban J connectivity index is 0.00000145. The van der Waals surface area contributed by atoms with Gasteiger partial charge >= 0.3 is 0 Å². The van der Waals surface area contributed by atoms with Crippen LogP contribution in [0.2, 0.25) is 0 Å². The molecule has 0 aliphatic rings. The summed E-state index contributed by atoms with van der Waals surface area (Å²) in [6.07, 6.45) is 3.57. The number of hydrogen-bond acceptors (Lipinski definition) is 3. The summed E-state index contributed by atoms with van der Waals surface area (Å²) in [4.78, 5) is 0.497. The number of benzene rings is 2. The predicted octanol–water partition coefficient (Wildman–Crippen LogP) is 6.57. The third kappa shape index (κ3) is 5.72. The van der Waals surface area contributed by atoms with E-state index >= 15 is 0 Å². The lowest BCUT2D eigenvalue weighted by molar-refractivity contribution is 0.631. The highest BCUT2D eigenvalue weighted by molar-refractivity contribution is 14.2. The average Bonchev–Trinajstić information content (AvgIpc) is 3.21. The van der Waals surface area contributed by atoms with E-state index in [9.17, 15) is 8.60 Å². The van der Waals surface area contributed by atoms with E-state index in [0.717, 1.165) is 17.2 Å². The summed E-state index contributed by atoms with van der Waals surface area (Å²) in [6.45, 7) is 8.14. The largest absolute Gasteiger partial charge is 0.298 e. The van der Waals surface area contributed by atoms with Gasteiger partial charge in [-0.15, -0.1) is 0 Å². The van der Waals surface area contributed by atoms with Gasteiger partial charge in [0.2, 0.25) is 0 Å². The Labute approximate surface area is 189 Å². The molecule has 0 saturated heterocycles. The molecule has 0 bridgehead atoms. The van der Waals surface area contributed by atoms with Gasteiger partial charge in [0.15, 0.2) is 11.0 Å². The van der Waals surface area contributed by atoms with Gasteiger partial charge in [0.05, 0.1) is 22.2 Å². The molecule has 0 radical (unpaired) electrons. The van der Waals surface area contributed by atoms with E-state index in [1.807, 2.05) is 60.4 Å². The Kier molecular flexibility index (Phi) is 8.95.